The predicted molar refractivity (Wildman–Crippen MR) is 105 cm³/mol. The lowest BCUT2D eigenvalue weighted by Gasteiger charge is -2.26. The van der Waals surface area contributed by atoms with Crippen LogP contribution in [0.15, 0.2) is 48.6 Å². The molecule has 3 rings (SSSR count). The number of rotatable bonds is 7. The van der Waals surface area contributed by atoms with Crippen LogP contribution in [0.5, 0.6) is 0 Å². The maximum absolute atomic E-state index is 13.4. The first-order valence-electron chi connectivity index (χ1n) is 10.0. The summed E-state index contributed by atoms with van der Waals surface area (Å²) in [6, 6.07) is 9.64. The van der Waals surface area contributed by atoms with Gasteiger partial charge in [0, 0.05) is 0 Å². The fraction of sp³-hybridized carbons (Fsp3) is 0.417. The maximum atomic E-state index is 13.4. The van der Waals surface area contributed by atoms with Gasteiger partial charge in [0.15, 0.2) is 17.5 Å². The Kier molecular flexibility index (Phi) is 7.30. The molecule has 2 aromatic rings. The Hall–Kier alpha value is -2.10. The van der Waals surface area contributed by atoms with Crippen LogP contribution >= 0.6 is 0 Å². The van der Waals surface area contributed by atoms with Crippen molar-refractivity contribution in [1.82, 2.24) is 0 Å². The Morgan fingerprint density at radius 3 is 2.11 bits per heavy atom. The minimum Gasteiger partial charge on any atom is -0.251 e. The summed E-state index contributed by atoms with van der Waals surface area (Å²) in [4.78, 5) is 0. The zero-order chi connectivity index (χ0) is 19.9. The van der Waals surface area contributed by atoms with Gasteiger partial charge in [0.25, 0.3) is 0 Å². The highest BCUT2D eigenvalue weighted by Gasteiger charge is 2.19. The molecule has 0 unspecified atom stereocenters. The molecular formula is C24H26F4. The Bertz CT molecular complexity index is 764. The molecule has 0 aliphatic heterocycles. The monoisotopic (exact) mass is 390 g/mol. The molecule has 0 aromatic heterocycles. The lowest BCUT2D eigenvalue weighted by Crippen LogP contribution is -2.13. The van der Waals surface area contributed by atoms with Crippen molar-refractivity contribution in [1.29, 1.82) is 0 Å². The normalized spacial score (nSPS) is 20.0. The third-order valence-corrected chi connectivity index (χ3v) is 5.69. The lowest BCUT2D eigenvalue weighted by molar-refractivity contribution is 0.296. The Morgan fingerprint density at radius 2 is 1.50 bits per heavy atom. The number of allylic oxidation sites excluding steroid dienone is 2. The van der Waals surface area contributed by atoms with Gasteiger partial charge in [-0.3, -0.25) is 4.39 Å². The molecular weight excluding hydrogens is 364 g/mol. The van der Waals surface area contributed by atoms with Crippen molar-refractivity contribution in [3.05, 3.63) is 71.6 Å². The minimum atomic E-state index is -1.44. The fourth-order valence-corrected chi connectivity index (χ4v) is 3.98. The molecule has 0 spiro atoms. The van der Waals surface area contributed by atoms with Gasteiger partial charge in [-0.25, -0.2) is 13.2 Å². The standard InChI is InChI=1S/C24H26F4/c25-14-2-1-3-17-4-6-18(7-5-17)8-9-19-10-12-20(13-11-19)21-15-22(26)24(28)23(27)16-21/h1,3,10-13,15-18H,2,4-9,14H2/b3-1+. The summed E-state index contributed by atoms with van der Waals surface area (Å²) >= 11 is 0. The molecule has 0 bridgehead atoms. The SMILES string of the molecule is FCC/C=C/C1CCC(CCc2ccc(-c3cc(F)c(F)c(F)c3)cc2)CC1. The largest absolute Gasteiger partial charge is 0.251 e. The zero-order valence-electron chi connectivity index (χ0n) is 15.9. The van der Waals surface area contributed by atoms with E-state index in [1.807, 2.05) is 30.3 Å². The number of hydrogen-bond acceptors (Lipinski definition) is 0. The molecule has 0 radical (unpaired) electrons. The molecule has 0 saturated heterocycles. The number of halogens is 4. The van der Waals surface area contributed by atoms with Gasteiger partial charge in [-0.05, 0) is 85.6 Å². The van der Waals surface area contributed by atoms with Gasteiger partial charge in [0.05, 0.1) is 6.67 Å². The molecule has 4 heteroatoms. The second-order valence-electron chi connectivity index (χ2n) is 7.68. The van der Waals surface area contributed by atoms with Crippen LogP contribution < -0.4 is 0 Å². The predicted octanol–water partition coefficient (Wildman–Crippen LogP) is 7.43. The summed E-state index contributed by atoms with van der Waals surface area (Å²) in [6.07, 6.45) is 11.5. The number of hydrogen-bond donors (Lipinski definition) is 0. The Morgan fingerprint density at radius 1 is 0.857 bits per heavy atom. The number of aryl methyl sites for hydroxylation is 1. The second-order valence-corrected chi connectivity index (χ2v) is 7.68. The highest BCUT2D eigenvalue weighted by atomic mass is 19.2. The van der Waals surface area contributed by atoms with Gasteiger partial charge in [0.2, 0.25) is 0 Å². The van der Waals surface area contributed by atoms with Crippen molar-refractivity contribution in [3.63, 3.8) is 0 Å². The quantitative estimate of drug-likeness (QED) is 0.262. The average molecular weight is 390 g/mol. The van der Waals surface area contributed by atoms with Gasteiger partial charge in [0.1, 0.15) is 0 Å². The van der Waals surface area contributed by atoms with Crippen molar-refractivity contribution >= 4 is 0 Å². The van der Waals surface area contributed by atoms with Crippen LogP contribution in [0.1, 0.15) is 44.1 Å². The molecule has 150 valence electrons. The molecule has 0 nitrogen and oxygen atoms in total. The van der Waals surface area contributed by atoms with E-state index >= 15 is 0 Å². The summed E-state index contributed by atoms with van der Waals surface area (Å²) in [7, 11) is 0. The first-order chi connectivity index (χ1) is 13.6. The van der Waals surface area contributed by atoms with Crippen LogP contribution in [0, 0.1) is 29.3 Å². The fourth-order valence-electron chi connectivity index (χ4n) is 3.98. The molecule has 1 saturated carbocycles. The van der Waals surface area contributed by atoms with Crippen molar-refractivity contribution in [2.45, 2.75) is 44.9 Å². The lowest BCUT2D eigenvalue weighted by atomic mass is 9.79. The molecule has 2 aromatic carbocycles. The molecule has 0 amide bonds. The van der Waals surface area contributed by atoms with Crippen LogP contribution in [0.25, 0.3) is 11.1 Å². The van der Waals surface area contributed by atoms with Crippen LogP contribution in [-0.2, 0) is 6.42 Å². The van der Waals surface area contributed by atoms with Crippen LogP contribution in [0.3, 0.4) is 0 Å². The third kappa shape index (κ3) is 5.46. The highest BCUT2D eigenvalue weighted by Crippen LogP contribution is 2.32. The van der Waals surface area contributed by atoms with Crippen molar-refractivity contribution in [2.24, 2.45) is 11.8 Å². The van der Waals surface area contributed by atoms with E-state index in [0.29, 0.717) is 29.4 Å². The zero-order valence-corrected chi connectivity index (χ0v) is 15.9. The minimum absolute atomic E-state index is 0.282. The van der Waals surface area contributed by atoms with E-state index in [2.05, 4.69) is 6.08 Å². The van der Waals surface area contributed by atoms with E-state index < -0.39 is 17.5 Å². The van der Waals surface area contributed by atoms with Crippen LogP contribution in [0.4, 0.5) is 17.6 Å². The Balaban J connectivity index is 1.50. The summed E-state index contributed by atoms with van der Waals surface area (Å²) in [5.41, 5.74) is 2.20. The number of alkyl halides is 1. The van der Waals surface area contributed by atoms with Crippen molar-refractivity contribution < 1.29 is 17.6 Å². The van der Waals surface area contributed by atoms with Gasteiger partial charge in [-0.2, -0.15) is 0 Å². The van der Waals surface area contributed by atoms with E-state index in [0.717, 1.165) is 25.0 Å². The van der Waals surface area contributed by atoms with E-state index in [1.54, 1.807) is 0 Å². The summed E-state index contributed by atoms with van der Waals surface area (Å²) in [5, 5.41) is 0. The second kappa shape index (κ2) is 9.90. The van der Waals surface area contributed by atoms with Crippen molar-refractivity contribution in [3.8, 4) is 11.1 Å². The first kappa shape index (κ1) is 20.6. The van der Waals surface area contributed by atoms with Crippen LogP contribution in [0.2, 0.25) is 0 Å². The molecule has 1 aliphatic carbocycles. The van der Waals surface area contributed by atoms with Gasteiger partial charge in [-0.15, -0.1) is 0 Å². The molecule has 1 fully saturated rings. The summed E-state index contributed by atoms with van der Waals surface area (Å²) in [6.45, 7) is -0.282. The smallest absolute Gasteiger partial charge is 0.194 e. The molecule has 28 heavy (non-hydrogen) atoms. The maximum Gasteiger partial charge on any atom is 0.194 e. The third-order valence-electron chi connectivity index (χ3n) is 5.69. The van der Waals surface area contributed by atoms with Gasteiger partial charge >= 0.3 is 0 Å². The first-order valence-corrected chi connectivity index (χ1v) is 10.0. The topological polar surface area (TPSA) is 0 Å². The Labute approximate surface area is 164 Å². The molecule has 0 heterocycles. The van der Waals surface area contributed by atoms with E-state index in [1.165, 1.54) is 31.2 Å². The van der Waals surface area contributed by atoms with E-state index in [4.69, 9.17) is 0 Å². The average Bonchev–Trinajstić information content (AvgIpc) is 2.71. The molecule has 0 N–H and O–H groups in total. The van der Waals surface area contributed by atoms with Crippen molar-refractivity contribution in [2.75, 3.05) is 6.67 Å². The number of benzene rings is 2. The molecule has 0 atom stereocenters. The molecule has 1 aliphatic rings. The van der Waals surface area contributed by atoms with Crippen LogP contribution in [-0.4, -0.2) is 6.67 Å². The van der Waals surface area contributed by atoms with E-state index in [-0.39, 0.29) is 6.67 Å². The van der Waals surface area contributed by atoms with E-state index in [9.17, 15) is 17.6 Å². The van der Waals surface area contributed by atoms with Gasteiger partial charge in [-0.1, -0.05) is 36.4 Å². The summed E-state index contributed by atoms with van der Waals surface area (Å²) in [5.74, 6) is -2.47. The summed E-state index contributed by atoms with van der Waals surface area (Å²) < 4.78 is 52.1. The van der Waals surface area contributed by atoms with Gasteiger partial charge < -0.3 is 0 Å². The highest BCUT2D eigenvalue weighted by molar-refractivity contribution is 5.63.